The quantitative estimate of drug-likeness (QED) is 0.613. The van der Waals surface area contributed by atoms with Crippen LogP contribution in [0.4, 0.5) is 0 Å². The van der Waals surface area contributed by atoms with Crippen LogP contribution < -0.4 is 5.56 Å². The lowest BCUT2D eigenvalue weighted by atomic mass is 10.1. The number of hydrogen-bond donors (Lipinski definition) is 1. The van der Waals surface area contributed by atoms with E-state index >= 15 is 0 Å². The molecule has 0 spiro atoms. The van der Waals surface area contributed by atoms with Gasteiger partial charge in [0.25, 0.3) is 5.56 Å². The predicted octanol–water partition coefficient (Wildman–Crippen LogP) is 3.39. The highest BCUT2D eigenvalue weighted by atomic mass is 16.5. The summed E-state index contributed by atoms with van der Waals surface area (Å²) in [4.78, 5) is 17.2. The molecule has 0 aliphatic heterocycles. The number of aryl methyl sites for hydroxylation is 4. The van der Waals surface area contributed by atoms with E-state index in [1.807, 2.05) is 32.2 Å². The zero-order chi connectivity index (χ0) is 18.3. The molecule has 3 heterocycles. The molecule has 0 saturated carbocycles. The van der Waals surface area contributed by atoms with Gasteiger partial charge >= 0.3 is 0 Å². The maximum Gasteiger partial charge on any atom is 0.272 e. The molecule has 1 N–H and O–H groups in total. The van der Waals surface area contributed by atoms with Crippen LogP contribution in [0.15, 0.2) is 45.8 Å². The Morgan fingerprint density at radius 3 is 2.58 bits per heavy atom. The maximum absolute atomic E-state index is 12.5. The summed E-state index contributed by atoms with van der Waals surface area (Å²) in [6.45, 7) is 5.88. The minimum atomic E-state index is -0.109. The Balaban J connectivity index is 1.72. The van der Waals surface area contributed by atoms with Gasteiger partial charge in [-0.05, 0) is 39.2 Å². The van der Waals surface area contributed by atoms with Crippen LogP contribution in [0.1, 0.15) is 28.3 Å². The molecule has 3 aromatic heterocycles. The van der Waals surface area contributed by atoms with E-state index in [1.165, 1.54) is 10.1 Å². The van der Waals surface area contributed by atoms with Crippen molar-refractivity contribution in [2.24, 2.45) is 0 Å². The fourth-order valence-corrected chi connectivity index (χ4v) is 3.21. The van der Waals surface area contributed by atoms with Crippen molar-refractivity contribution < 1.29 is 4.52 Å². The maximum atomic E-state index is 12.5. The number of nitrogens with zero attached hydrogens (tertiary/aromatic N) is 3. The van der Waals surface area contributed by atoms with Crippen LogP contribution in [0.3, 0.4) is 0 Å². The van der Waals surface area contributed by atoms with E-state index in [0.29, 0.717) is 12.1 Å². The number of H-pyrrole nitrogens is 1. The summed E-state index contributed by atoms with van der Waals surface area (Å²) in [5.41, 5.74) is 6.42. The zero-order valence-corrected chi connectivity index (χ0v) is 15.0. The van der Waals surface area contributed by atoms with Crippen LogP contribution in [0.2, 0.25) is 0 Å². The Labute approximate surface area is 150 Å². The van der Waals surface area contributed by atoms with E-state index in [0.717, 1.165) is 40.3 Å². The summed E-state index contributed by atoms with van der Waals surface area (Å²) >= 11 is 0. The summed E-state index contributed by atoms with van der Waals surface area (Å²) in [7, 11) is 0. The lowest BCUT2D eigenvalue weighted by molar-refractivity contribution is 0.392. The number of aromatic nitrogens is 4. The van der Waals surface area contributed by atoms with Gasteiger partial charge in [0.2, 0.25) is 0 Å². The van der Waals surface area contributed by atoms with E-state index in [-0.39, 0.29) is 5.56 Å². The van der Waals surface area contributed by atoms with Crippen molar-refractivity contribution in [3.63, 3.8) is 0 Å². The number of benzene rings is 1. The molecule has 26 heavy (non-hydrogen) atoms. The summed E-state index contributed by atoms with van der Waals surface area (Å²) < 4.78 is 6.69. The van der Waals surface area contributed by atoms with Crippen molar-refractivity contribution in [2.45, 2.75) is 33.6 Å². The van der Waals surface area contributed by atoms with E-state index in [4.69, 9.17) is 9.51 Å². The molecule has 1 aromatic carbocycles. The normalized spacial score (nSPS) is 11.3. The van der Waals surface area contributed by atoms with Crippen molar-refractivity contribution in [3.05, 3.63) is 75.2 Å². The highest BCUT2D eigenvalue weighted by molar-refractivity contribution is 5.77. The minimum absolute atomic E-state index is 0.109. The van der Waals surface area contributed by atoms with Gasteiger partial charge in [0.1, 0.15) is 5.76 Å². The van der Waals surface area contributed by atoms with Gasteiger partial charge in [0.05, 0.1) is 5.69 Å². The topological polar surface area (TPSA) is 76.2 Å². The van der Waals surface area contributed by atoms with Crippen molar-refractivity contribution in [1.82, 2.24) is 19.8 Å². The Kier molecular flexibility index (Phi) is 3.95. The fraction of sp³-hybridized carbons (Fsp3) is 0.250. The summed E-state index contributed by atoms with van der Waals surface area (Å²) in [6.07, 6.45) is 3.23. The number of fused-ring (bicyclic) bond motifs is 1. The molecule has 0 bridgehead atoms. The SMILES string of the molecule is Cc1ccc(-c2c[nH]n3c(=O)cc(CCc4c(C)noc4C)nc23)cc1. The molecule has 0 atom stereocenters. The molecule has 0 aliphatic rings. The van der Waals surface area contributed by atoms with Gasteiger partial charge < -0.3 is 4.52 Å². The minimum Gasteiger partial charge on any atom is -0.361 e. The van der Waals surface area contributed by atoms with E-state index < -0.39 is 0 Å². The molecule has 6 nitrogen and oxygen atoms in total. The first-order valence-corrected chi connectivity index (χ1v) is 8.62. The Hall–Kier alpha value is -3.15. The molecular formula is C20H20N4O2. The van der Waals surface area contributed by atoms with Crippen molar-refractivity contribution in [2.75, 3.05) is 0 Å². The molecule has 0 saturated heterocycles. The number of hydrogen-bond acceptors (Lipinski definition) is 4. The van der Waals surface area contributed by atoms with Gasteiger partial charge in [-0.15, -0.1) is 0 Å². The van der Waals surface area contributed by atoms with Crippen molar-refractivity contribution >= 4 is 5.65 Å². The second kappa shape index (κ2) is 6.29. The number of aromatic amines is 1. The summed E-state index contributed by atoms with van der Waals surface area (Å²) in [5, 5.41) is 6.98. The highest BCUT2D eigenvalue weighted by Crippen LogP contribution is 2.23. The first-order valence-electron chi connectivity index (χ1n) is 8.62. The molecular weight excluding hydrogens is 328 g/mol. The van der Waals surface area contributed by atoms with Gasteiger partial charge in [-0.1, -0.05) is 35.0 Å². The number of nitrogens with one attached hydrogen (secondary N) is 1. The Morgan fingerprint density at radius 2 is 1.88 bits per heavy atom. The molecule has 0 radical (unpaired) electrons. The van der Waals surface area contributed by atoms with E-state index in [1.54, 1.807) is 6.07 Å². The monoisotopic (exact) mass is 348 g/mol. The largest absolute Gasteiger partial charge is 0.361 e. The molecule has 0 unspecified atom stereocenters. The van der Waals surface area contributed by atoms with Crippen molar-refractivity contribution in [3.8, 4) is 11.1 Å². The number of rotatable bonds is 4. The molecule has 0 aliphatic carbocycles. The molecule has 0 fully saturated rings. The third-order valence-corrected chi connectivity index (χ3v) is 4.73. The molecule has 132 valence electrons. The second-order valence-corrected chi connectivity index (χ2v) is 6.60. The summed E-state index contributed by atoms with van der Waals surface area (Å²) in [6, 6.07) is 9.78. The first-order chi connectivity index (χ1) is 12.5. The van der Waals surface area contributed by atoms with Crippen LogP contribution in [0.5, 0.6) is 0 Å². The molecule has 6 heteroatoms. The van der Waals surface area contributed by atoms with Crippen LogP contribution >= 0.6 is 0 Å². The standard InChI is InChI=1S/C20H20N4O2/c1-12-4-6-15(7-5-12)18-11-21-24-19(25)10-16(22-20(18)24)8-9-17-13(2)23-26-14(17)3/h4-7,10-11,21H,8-9H2,1-3H3. The Morgan fingerprint density at radius 1 is 1.12 bits per heavy atom. The van der Waals surface area contributed by atoms with Gasteiger partial charge in [-0.2, -0.15) is 0 Å². The summed E-state index contributed by atoms with van der Waals surface area (Å²) in [5.74, 6) is 0.822. The van der Waals surface area contributed by atoms with Gasteiger partial charge in [0, 0.05) is 29.1 Å². The fourth-order valence-electron chi connectivity index (χ4n) is 3.21. The molecule has 0 amide bonds. The van der Waals surface area contributed by atoms with E-state index in [9.17, 15) is 4.79 Å². The van der Waals surface area contributed by atoms with Gasteiger partial charge in [-0.3, -0.25) is 9.89 Å². The predicted molar refractivity (Wildman–Crippen MR) is 99.4 cm³/mol. The van der Waals surface area contributed by atoms with Crippen LogP contribution in [0, 0.1) is 20.8 Å². The third kappa shape index (κ3) is 2.83. The zero-order valence-electron chi connectivity index (χ0n) is 15.0. The van der Waals surface area contributed by atoms with Gasteiger partial charge in [0.15, 0.2) is 5.65 Å². The highest BCUT2D eigenvalue weighted by Gasteiger charge is 2.13. The lowest BCUT2D eigenvalue weighted by Crippen LogP contribution is -2.16. The average molecular weight is 348 g/mol. The van der Waals surface area contributed by atoms with Gasteiger partial charge in [-0.25, -0.2) is 9.50 Å². The lowest BCUT2D eigenvalue weighted by Gasteiger charge is -2.04. The Bertz CT molecular complexity index is 1110. The van der Waals surface area contributed by atoms with Crippen LogP contribution in [-0.2, 0) is 12.8 Å². The smallest absolute Gasteiger partial charge is 0.272 e. The molecule has 4 aromatic rings. The second-order valence-electron chi connectivity index (χ2n) is 6.60. The molecule has 4 rings (SSSR count). The van der Waals surface area contributed by atoms with Crippen LogP contribution in [0.25, 0.3) is 16.8 Å². The first kappa shape index (κ1) is 16.3. The van der Waals surface area contributed by atoms with Crippen molar-refractivity contribution in [1.29, 1.82) is 0 Å². The van der Waals surface area contributed by atoms with Crippen LogP contribution in [-0.4, -0.2) is 19.8 Å². The average Bonchev–Trinajstić information content (AvgIpc) is 3.18. The third-order valence-electron chi connectivity index (χ3n) is 4.73. The van der Waals surface area contributed by atoms with E-state index in [2.05, 4.69) is 29.3 Å².